The van der Waals surface area contributed by atoms with Crippen molar-refractivity contribution in [2.45, 2.75) is 25.2 Å². The molecule has 0 spiro atoms. The highest BCUT2D eigenvalue weighted by Crippen LogP contribution is 2.49. The Hall–Kier alpha value is -1.42. The molecule has 19 heavy (non-hydrogen) atoms. The number of likely N-dealkylation sites (N-methyl/N-ethyl adjacent to an activating group) is 1. The molecular weight excluding hydrogens is 238 g/mol. The lowest BCUT2D eigenvalue weighted by atomic mass is 9.95. The molecule has 4 heteroatoms. The maximum absolute atomic E-state index is 12.8. The zero-order valence-electron chi connectivity index (χ0n) is 11.5. The SMILES string of the molecule is CCN1CCN(C(=O)C2(c3cccnc3)CC2)CC1. The molecule has 0 bridgehead atoms. The second-order valence-corrected chi connectivity index (χ2v) is 5.55. The first-order chi connectivity index (χ1) is 9.26. The van der Waals surface area contributed by atoms with Gasteiger partial charge in [0.2, 0.25) is 5.91 Å². The molecule has 0 N–H and O–H groups in total. The summed E-state index contributed by atoms with van der Waals surface area (Å²) >= 11 is 0. The lowest BCUT2D eigenvalue weighted by Gasteiger charge is -2.36. The van der Waals surface area contributed by atoms with Gasteiger partial charge in [0, 0.05) is 38.6 Å². The van der Waals surface area contributed by atoms with E-state index in [0.29, 0.717) is 5.91 Å². The Morgan fingerprint density at radius 3 is 2.58 bits per heavy atom. The van der Waals surface area contributed by atoms with Crippen LogP contribution in [0.5, 0.6) is 0 Å². The summed E-state index contributed by atoms with van der Waals surface area (Å²) in [5.74, 6) is 0.316. The first kappa shape index (κ1) is 12.6. The number of nitrogens with zero attached hydrogens (tertiary/aromatic N) is 3. The lowest BCUT2D eigenvalue weighted by molar-refractivity contribution is -0.135. The van der Waals surface area contributed by atoms with E-state index in [2.05, 4.69) is 16.8 Å². The molecule has 1 aliphatic carbocycles. The molecule has 0 atom stereocenters. The highest BCUT2D eigenvalue weighted by Gasteiger charge is 2.53. The Morgan fingerprint density at radius 2 is 2.05 bits per heavy atom. The van der Waals surface area contributed by atoms with E-state index in [-0.39, 0.29) is 5.41 Å². The van der Waals surface area contributed by atoms with Crippen LogP contribution in [0.2, 0.25) is 0 Å². The van der Waals surface area contributed by atoms with Crippen molar-refractivity contribution in [2.75, 3.05) is 32.7 Å². The van der Waals surface area contributed by atoms with Crippen LogP contribution in [0.3, 0.4) is 0 Å². The molecule has 1 amide bonds. The quantitative estimate of drug-likeness (QED) is 0.820. The van der Waals surface area contributed by atoms with Crippen molar-refractivity contribution in [2.24, 2.45) is 0 Å². The molecule has 0 radical (unpaired) electrons. The summed E-state index contributed by atoms with van der Waals surface area (Å²) in [7, 11) is 0. The third kappa shape index (κ3) is 2.25. The third-order valence-electron chi connectivity index (χ3n) is 4.48. The normalized spacial score (nSPS) is 22.3. The van der Waals surface area contributed by atoms with Crippen LogP contribution in [0.15, 0.2) is 24.5 Å². The predicted octanol–water partition coefficient (Wildman–Crippen LogP) is 1.28. The molecule has 3 rings (SSSR count). The average Bonchev–Trinajstić information content (AvgIpc) is 3.29. The first-order valence-corrected chi connectivity index (χ1v) is 7.18. The van der Waals surface area contributed by atoms with E-state index in [0.717, 1.165) is 51.1 Å². The summed E-state index contributed by atoms with van der Waals surface area (Å²) < 4.78 is 0. The molecule has 1 aromatic rings. The number of amides is 1. The van der Waals surface area contributed by atoms with Crippen LogP contribution >= 0.6 is 0 Å². The Morgan fingerprint density at radius 1 is 1.32 bits per heavy atom. The predicted molar refractivity (Wildman–Crippen MR) is 73.8 cm³/mol. The summed E-state index contributed by atoms with van der Waals surface area (Å²) in [6.45, 7) is 7.01. The van der Waals surface area contributed by atoms with Gasteiger partial charge in [0.25, 0.3) is 0 Å². The van der Waals surface area contributed by atoms with Crippen LogP contribution < -0.4 is 0 Å². The van der Waals surface area contributed by atoms with E-state index in [4.69, 9.17) is 0 Å². The number of piperazine rings is 1. The Labute approximate surface area is 114 Å². The number of rotatable bonds is 3. The molecular formula is C15H21N3O. The van der Waals surface area contributed by atoms with Gasteiger partial charge in [-0.05, 0) is 31.0 Å². The van der Waals surface area contributed by atoms with Crippen molar-refractivity contribution < 1.29 is 4.79 Å². The molecule has 1 aliphatic heterocycles. The van der Waals surface area contributed by atoms with E-state index in [9.17, 15) is 4.79 Å². The number of carbonyl (C=O) groups is 1. The average molecular weight is 259 g/mol. The summed E-state index contributed by atoms with van der Waals surface area (Å²) in [6.07, 6.45) is 5.58. The summed E-state index contributed by atoms with van der Waals surface area (Å²) in [5, 5.41) is 0. The van der Waals surface area contributed by atoms with Crippen LogP contribution in [0.25, 0.3) is 0 Å². The monoisotopic (exact) mass is 259 g/mol. The molecule has 1 saturated heterocycles. The van der Waals surface area contributed by atoms with Crippen molar-refractivity contribution in [3.63, 3.8) is 0 Å². The number of hydrogen-bond donors (Lipinski definition) is 0. The van der Waals surface area contributed by atoms with E-state index < -0.39 is 0 Å². The fourth-order valence-electron chi connectivity index (χ4n) is 2.97. The molecule has 4 nitrogen and oxygen atoms in total. The van der Waals surface area contributed by atoms with Crippen LogP contribution in [-0.2, 0) is 10.2 Å². The van der Waals surface area contributed by atoms with Gasteiger partial charge in [-0.25, -0.2) is 0 Å². The van der Waals surface area contributed by atoms with Crippen molar-refractivity contribution in [1.29, 1.82) is 0 Å². The summed E-state index contributed by atoms with van der Waals surface area (Å²) in [4.78, 5) is 21.4. The zero-order valence-corrected chi connectivity index (χ0v) is 11.5. The van der Waals surface area contributed by atoms with Crippen molar-refractivity contribution in [3.8, 4) is 0 Å². The van der Waals surface area contributed by atoms with E-state index in [1.165, 1.54) is 0 Å². The van der Waals surface area contributed by atoms with Crippen LogP contribution in [0, 0.1) is 0 Å². The number of hydrogen-bond acceptors (Lipinski definition) is 3. The van der Waals surface area contributed by atoms with Crippen LogP contribution in [0.1, 0.15) is 25.3 Å². The fourth-order valence-corrected chi connectivity index (χ4v) is 2.97. The van der Waals surface area contributed by atoms with E-state index in [1.807, 2.05) is 23.2 Å². The Balaban J connectivity index is 1.71. The molecule has 2 fully saturated rings. The third-order valence-corrected chi connectivity index (χ3v) is 4.48. The van der Waals surface area contributed by atoms with Crippen LogP contribution in [-0.4, -0.2) is 53.4 Å². The summed E-state index contributed by atoms with van der Waals surface area (Å²) in [6, 6.07) is 3.97. The molecule has 1 aromatic heterocycles. The van der Waals surface area contributed by atoms with Crippen molar-refractivity contribution in [3.05, 3.63) is 30.1 Å². The lowest BCUT2D eigenvalue weighted by Crippen LogP contribution is -2.51. The van der Waals surface area contributed by atoms with Gasteiger partial charge in [-0.2, -0.15) is 0 Å². The smallest absolute Gasteiger partial charge is 0.233 e. The highest BCUT2D eigenvalue weighted by atomic mass is 16.2. The van der Waals surface area contributed by atoms with Gasteiger partial charge in [0.05, 0.1) is 5.41 Å². The highest BCUT2D eigenvalue weighted by molar-refractivity contribution is 5.91. The van der Waals surface area contributed by atoms with Crippen LogP contribution in [0.4, 0.5) is 0 Å². The van der Waals surface area contributed by atoms with Gasteiger partial charge in [-0.1, -0.05) is 13.0 Å². The minimum absolute atomic E-state index is 0.247. The van der Waals surface area contributed by atoms with Gasteiger partial charge in [-0.3, -0.25) is 9.78 Å². The second-order valence-electron chi connectivity index (χ2n) is 5.55. The largest absolute Gasteiger partial charge is 0.339 e. The number of aromatic nitrogens is 1. The molecule has 102 valence electrons. The van der Waals surface area contributed by atoms with Gasteiger partial charge in [0.1, 0.15) is 0 Å². The van der Waals surface area contributed by atoms with Gasteiger partial charge >= 0.3 is 0 Å². The van der Waals surface area contributed by atoms with E-state index in [1.54, 1.807) is 6.20 Å². The first-order valence-electron chi connectivity index (χ1n) is 7.18. The molecule has 0 unspecified atom stereocenters. The zero-order chi connectivity index (χ0) is 13.3. The Kier molecular flexibility index (Phi) is 3.27. The molecule has 2 aliphatic rings. The topological polar surface area (TPSA) is 36.4 Å². The van der Waals surface area contributed by atoms with Crippen molar-refractivity contribution >= 4 is 5.91 Å². The van der Waals surface area contributed by atoms with E-state index >= 15 is 0 Å². The second kappa shape index (κ2) is 4.93. The summed E-state index contributed by atoms with van der Waals surface area (Å²) in [5.41, 5.74) is 0.848. The number of carbonyl (C=O) groups excluding carboxylic acids is 1. The van der Waals surface area contributed by atoms with Gasteiger partial charge in [-0.15, -0.1) is 0 Å². The molecule has 0 aromatic carbocycles. The molecule has 1 saturated carbocycles. The van der Waals surface area contributed by atoms with Gasteiger partial charge in [0.15, 0.2) is 0 Å². The molecule has 2 heterocycles. The maximum atomic E-state index is 12.8. The van der Waals surface area contributed by atoms with Gasteiger partial charge < -0.3 is 9.80 Å². The maximum Gasteiger partial charge on any atom is 0.233 e. The minimum Gasteiger partial charge on any atom is -0.339 e. The minimum atomic E-state index is -0.247. The standard InChI is InChI=1S/C15H21N3O/c1-2-17-8-10-18(11-9-17)14(19)15(5-6-15)13-4-3-7-16-12-13/h3-4,7,12H,2,5-6,8-11H2,1H3. The Bertz CT molecular complexity index is 448. The van der Waals surface area contributed by atoms with Crippen molar-refractivity contribution in [1.82, 2.24) is 14.8 Å². The fraction of sp³-hybridized carbons (Fsp3) is 0.600. The number of pyridine rings is 1.